The normalized spacial score (nSPS) is 29.7. The Bertz CT molecular complexity index is 241. The number of rotatable bonds is 8. The minimum Gasteiger partial charge on any atom is -0.329 e. The first-order chi connectivity index (χ1) is 9.07. The SMILES string of the molecule is CCCC(C)CN(CCC)C1(CN)CCCC(C)C1. The molecule has 2 nitrogen and oxygen atoms in total. The molecular weight excluding hydrogens is 232 g/mol. The van der Waals surface area contributed by atoms with Crippen LogP contribution in [0.15, 0.2) is 0 Å². The van der Waals surface area contributed by atoms with E-state index in [-0.39, 0.29) is 0 Å². The zero-order chi connectivity index (χ0) is 14.3. The molecule has 2 N–H and O–H groups in total. The van der Waals surface area contributed by atoms with E-state index < -0.39 is 0 Å². The molecule has 1 aliphatic rings. The second kappa shape index (κ2) is 8.26. The lowest BCUT2D eigenvalue weighted by molar-refractivity contribution is 0.0272. The van der Waals surface area contributed by atoms with Gasteiger partial charge in [-0.2, -0.15) is 0 Å². The monoisotopic (exact) mass is 268 g/mol. The third-order valence-corrected chi connectivity index (χ3v) is 4.93. The Labute approximate surface area is 121 Å². The summed E-state index contributed by atoms with van der Waals surface area (Å²) in [4.78, 5) is 2.75. The molecule has 0 aromatic rings. The fourth-order valence-electron chi connectivity index (χ4n) is 3.99. The molecule has 0 radical (unpaired) electrons. The van der Waals surface area contributed by atoms with Crippen molar-refractivity contribution in [1.82, 2.24) is 4.90 Å². The molecule has 114 valence electrons. The average Bonchev–Trinajstić information content (AvgIpc) is 2.38. The van der Waals surface area contributed by atoms with Crippen molar-refractivity contribution in [3.05, 3.63) is 0 Å². The number of hydrogen-bond acceptors (Lipinski definition) is 2. The molecule has 3 unspecified atom stereocenters. The molecule has 0 aromatic heterocycles. The van der Waals surface area contributed by atoms with Crippen LogP contribution in [0.3, 0.4) is 0 Å². The van der Waals surface area contributed by atoms with E-state index in [9.17, 15) is 0 Å². The fraction of sp³-hybridized carbons (Fsp3) is 1.00. The summed E-state index contributed by atoms with van der Waals surface area (Å²) in [6.45, 7) is 12.7. The van der Waals surface area contributed by atoms with Crippen LogP contribution in [-0.2, 0) is 0 Å². The summed E-state index contributed by atoms with van der Waals surface area (Å²) < 4.78 is 0. The second-order valence-corrected chi connectivity index (χ2v) is 6.97. The van der Waals surface area contributed by atoms with E-state index in [2.05, 4.69) is 32.6 Å². The molecular formula is C17H36N2. The number of nitrogens with zero attached hydrogens (tertiary/aromatic N) is 1. The third-order valence-electron chi connectivity index (χ3n) is 4.93. The summed E-state index contributed by atoms with van der Waals surface area (Å²) in [6, 6.07) is 0. The maximum absolute atomic E-state index is 6.24. The Morgan fingerprint density at radius 2 is 2.05 bits per heavy atom. The maximum Gasteiger partial charge on any atom is 0.0334 e. The van der Waals surface area contributed by atoms with Gasteiger partial charge in [0.25, 0.3) is 0 Å². The van der Waals surface area contributed by atoms with Crippen LogP contribution < -0.4 is 5.73 Å². The molecule has 2 heteroatoms. The first-order valence-electron chi connectivity index (χ1n) is 8.53. The van der Waals surface area contributed by atoms with Crippen LogP contribution in [0, 0.1) is 11.8 Å². The van der Waals surface area contributed by atoms with Gasteiger partial charge in [0, 0.05) is 18.6 Å². The summed E-state index contributed by atoms with van der Waals surface area (Å²) in [5.74, 6) is 1.65. The van der Waals surface area contributed by atoms with E-state index >= 15 is 0 Å². The molecule has 0 aromatic carbocycles. The first kappa shape index (κ1) is 17.0. The van der Waals surface area contributed by atoms with E-state index in [0.717, 1.165) is 18.4 Å². The summed E-state index contributed by atoms with van der Waals surface area (Å²) in [5, 5.41) is 0. The van der Waals surface area contributed by atoms with Crippen molar-refractivity contribution >= 4 is 0 Å². The van der Waals surface area contributed by atoms with Crippen molar-refractivity contribution in [2.45, 2.75) is 78.2 Å². The standard InChI is InChI=1S/C17H36N2/c1-5-8-16(4)13-19(11-6-2)17(14-18)10-7-9-15(3)12-17/h15-16H,5-14,18H2,1-4H3. The zero-order valence-corrected chi connectivity index (χ0v) is 13.8. The highest BCUT2D eigenvalue weighted by molar-refractivity contribution is 4.96. The van der Waals surface area contributed by atoms with Gasteiger partial charge in [-0.3, -0.25) is 4.90 Å². The number of nitrogens with two attached hydrogens (primary N) is 1. The minimum atomic E-state index is 0.301. The second-order valence-electron chi connectivity index (χ2n) is 6.97. The zero-order valence-electron chi connectivity index (χ0n) is 13.8. The van der Waals surface area contributed by atoms with Gasteiger partial charge in [0.15, 0.2) is 0 Å². The third kappa shape index (κ3) is 4.75. The highest BCUT2D eigenvalue weighted by Crippen LogP contribution is 2.37. The predicted octanol–water partition coefficient (Wildman–Crippen LogP) is 4.04. The van der Waals surface area contributed by atoms with Crippen LogP contribution in [-0.4, -0.2) is 30.1 Å². The highest BCUT2D eigenvalue weighted by Gasteiger charge is 2.38. The molecule has 1 fully saturated rings. The van der Waals surface area contributed by atoms with E-state index in [1.165, 1.54) is 58.0 Å². The lowest BCUT2D eigenvalue weighted by atomic mass is 9.74. The maximum atomic E-state index is 6.24. The Morgan fingerprint density at radius 1 is 1.32 bits per heavy atom. The van der Waals surface area contributed by atoms with Gasteiger partial charge in [-0.1, -0.05) is 47.0 Å². The lowest BCUT2D eigenvalue weighted by Crippen LogP contribution is -2.57. The smallest absolute Gasteiger partial charge is 0.0334 e. The van der Waals surface area contributed by atoms with Gasteiger partial charge in [-0.15, -0.1) is 0 Å². The Hall–Kier alpha value is -0.0800. The van der Waals surface area contributed by atoms with Gasteiger partial charge in [-0.05, 0) is 44.1 Å². The van der Waals surface area contributed by atoms with E-state index in [0.29, 0.717) is 5.54 Å². The molecule has 0 heterocycles. The molecule has 19 heavy (non-hydrogen) atoms. The topological polar surface area (TPSA) is 29.3 Å². The predicted molar refractivity (Wildman–Crippen MR) is 85.4 cm³/mol. The van der Waals surface area contributed by atoms with Crippen molar-refractivity contribution in [3.63, 3.8) is 0 Å². The van der Waals surface area contributed by atoms with Crippen LogP contribution in [0.5, 0.6) is 0 Å². The first-order valence-corrected chi connectivity index (χ1v) is 8.53. The summed E-state index contributed by atoms with van der Waals surface area (Å²) in [6.07, 6.45) is 9.26. The van der Waals surface area contributed by atoms with Gasteiger partial charge in [-0.25, -0.2) is 0 Å². The van der Waals surface area contributed by atoms with Gasteiger partial charge in [0.1, 0.15) is 0 Å². The van der Waals surface area contributed by atoms with Crippen molar-refractivity contribution in [2.75, 3.05) is 19.6 Å². The minimum absolute atomic E-state index is 0.301. The van der Waals surface area contributed by atoms with Crippen LogP contribution in [0.4, 0.5) is 0 Å². The van der Waals surface area contributed by atoms with Crippen molar-refractivity contribution in [2.24, 2.45) is 17.6 Å². The van der Waals surface area contributed by atoms with Crippen molar-refractivity contribution < 1.29 is 0 Å². The summed E-state index contributed by atoms with van der Waals surface area (Å²) in [7, 11) is 0. The molecule has 3 atom stereocenters. The van der Waals surface area contributed by atoms with Gasteiger partial charge in [0.2, 0.25) is 0 Å². The van der Waals surface area contributed by atoms with E-state index in [4.69, 9.17) is 5.73 Å². The lowest BCUT2D eigenvalue weighted by Gasteiger charge is -2.48. The molecule has 0 aliphatic heterocycles. The van der Waals surface area contributed by atoms with Crippen molar-refractivity contribution in [1.29, 1.82) is 0 Å². The van der Waals surface area contributed by atoms with Gasteiger partial charge >= 0.3 is 0 Å². The van der Waals surface area contributed by atoms with Crippen LogP contribution in [0.2, 0.25) is 0 Å². The summed E-state index contributed by atoms with van der Waals surface area (Å²) >= 11 is 0. The van der Waals surface area contributed by atoms with Crippen LogP contribution in [0.25, 0.3) is 0 Å². The molecule has 1 rings (SSSR count). The van der Waals surface area contributed by atoms with E-state index in [1.54, 1.807) is 0 Å². The summed E-state index contributed by atoms with van der Waals surface area (Å²) in [5.41, 5.74) is 6.54. The molecule has 0 amide bonds. The molecule has 0 saturated heterocycles. The highest BCUT2D eigenvalue weighted by atomic mass is 15.2. The molecule has 1 aliphatic carbocycles. The largest absolute Gasteiger partial charge is 0.329 e. The van der Waals surface area contributed by atoms with Gasteiger partial charge < -0.3 is 5.73 Å². The number of hydrogen-bond donors (Lipinski definition) is 1. The molecule has 0 bridgehead atoms. The molecule has 1 saturated carbocycles. The van der Waals surface area contributed by atoms with Gasteiger partial charge in [0.05, 0.1) is 0 Å². The van der Waals surface area contributed by atoms with Crippen LogP contribution >= 0.6 is 0 Å². The Morgan fingerprint density at radius 3 is 2.58 bits per heavy atom. The van der Waals surface area contributed by atoms with Crippen molar-refractivity contribution in [3.8, 4) is 0 Å². The average molecular weight is 268 g/mol. The quantitative estimate of drug-likeness (QED) is 0.720. The van der Waals surface area contributed by atoms with Crippen LogP contribution in [0.1, 0.15) is 72.6 Å². The fourth-order valence-corrected chi connectivity index (χ4v) is 3.99. The van der Waals surface area contributed by atoms with E-state index in [1.807, 2.05) is 0 Å². The Kier molecular flexibility index (Phi) is 7.38. The molecule has 0 spiro atoms. The Balaban J connectivity index is 2.74.